The van der Waals surface area contributed by atoms with Gasteiger partial charge in [-0.05, 0) is 25.5 Å². The van der Waals surface area contributed by atoms with Gasteiger partial charge in [0.05, 0.1) is 23.5 Å². The number of carbonyl (C=O) groups excluding carboxylic acids is 1. The Hall–Kier alpha value is -1.51. The van der Waals surface area contributed by atoms with E-state index < -0.39 is 6.10 Å². The van der Waals surface area contributed by atoms with Crippen LogP contribution < -0.4 is 5.32 Å². The van der Waals surface area contributed by atoms with E-state index in [-0.39, 0.29) is 5.91 Å². The molecule has 0 saturated carbocycles. The van der Waals surface area contributed by atoms with Crippen LogP contribution in [0.3, 0.4) is 0 Å². The third-order valence-electron chi connectivity index (χ3n) is 2.27. The molecule has 0 aliphatic carbocycles. The van der Waals surface area contributed by atoms with Crippen molar-refractivity contribution in [3.05, 3.63) is 29.8 Å². The lowest BCUT2D eigenvalue weighted by atomic mass is 10.2. The summed E-state index contributed by atoms with van der Waals surface area (Å²) in [5, 5.41) is 20.4. The highest BCUT2D eigenvalue weighted by Gasteiger charge is 2.10. The van der Waals surface area contributed by atoms with E-state index in [0.29, 0.717) is 24.3 Å². The van der Waals surface area contributed by atoms with Gasteiger partial charge in [0.1, 0.15) is 0 Å². The molecule has 0 aliphatic heterocycles. The summed E-state index contributed by atoms with van der Waals surface area (Å²) in [6.45, 7) is 2.12. The molecule has 1 rings (SSSR count). The Kier molecular flexibility index (Phi) is 6.26. The maximum atomic E-state index is 11.9. The first-order chi connectivity index (χ1) is 8.65. The van der Waals surface area contributed by atoms with E-state index in [1.165, 1.54) is 11.8 Å². The molecule has 0 saturated heterocycles. The maximum Gasteiger partial charge on any atom is 0.252 e. The van der Waals surface area contributed by atoms with Crippen LogP contribution in [-0.4, -0.2) is 29.4 Å². The molecule has 1 amide bonds. The molecule has 0 radical (unpaired) electrons. The molecule has 18 heavy (non-hydrogen) atoms. The van der Waals surface area contributed by atoms with Gasteiger partial charge >= 0.3 is 0 Å². The number of nitrogens with one attached hydrogen (secondary N) is 1. The summed E-state index contributed by atoms with van der Waals surface area (Å²) in [7, 11) is 0. The van der Waals surface area contributed by atoms with Crippen LogP contribution in [0.4, 0.5) is 0 Å². The van der Waals surface area contributed by atoms with Crippen LogP contribution in [0.1, 0.15) is 23.7 Å². The van der Waals surface area contributed by atoms with Crippen molar-refractivity contribution in [3.8, 4) is 6.07 Å². The van der Waals surface area contributed by atoms with Crippen LogP contribution in [-0.2, 0) is 0 Å². The maximum absolute atomic E-state index is 11.9. The molecule has 4 nitrogen and oxygen atoms in total. The summed E-state index contributed by atoms with van der Waals surface area (Å²) in [5.74, 6) is 0.148. The van der Waals surface area contributed by atoms with Crippen molar-refractivity contribution in [2.45, 2.75) is 24.3 Å². The van der Waals surface area contributed by atoms with Gasteiger partial charge in [-0.15, -0.1) is 11.8 Å². The van der Waals surface area contributed by atoms with Crippen molar-refractivity contribution >= 4 is 17.7 Å². The number of thioether (sulfide) groups is 1. The minimum Gasteiger partial charge on any atom is -0.393 e. The Morgan fingerprint density at radius 2 is 2.28 bits per heavy atom. The molecule has 5 heteroatoms. The Bertz CT molecular complexity index is 441. The molecule has 2 N–H and O–H groups in total. The summed E-state index contributed by atoms with van der Waals surface area (Å²) >= 11 is 1.34. The number of aliphatic hydroxyl groups excluding tert-OH is 1. The van der Waals surface area contributed by atoms with Gasteiger partial charge in [0.2, 0.25) is 0 Å². The zero-order valence-corrected chi connectivity index (χ0v) is 11.0. The number of hydrogen-bond donors (Lipinski definition) is 2. The molecule has 0 heterocycles. The molecule has 0 fully saturated rings. The first-order valence-corrected chi connectivity index (χ1v) is 6.68. The molecule has 1 aromatic carbocycles. The summed E-state index contributed by atoms with van der Waals surface area (Å²) in [5.41, 5.74) is 0.573. The zero-order valence-electron chi connectivity index (χ0n) is 10.2. The molecule has 0 aliphatic rings. The molecule has 1 unspecified atom stereocenters. The first-order valence-electron chi connectivity index (χ1n) is 5.70. The number of hydrogen-bond acceptors (Lipinski definition) is 4. The van der Waals surface area contributed by atoms with Gasteiger partial charge in [-0.3, -0.25) is 4.79 Å². The van der Waals surface area contributed by atoms with Crippen molar-refractivity contribution in [1.82, 2.24) is 5.32 Å². The number of aliphatic hydroxyl groups is 1. The largest absolute Gasteiger partial charge is 0.393 e. The molecule has 0 aromatic heterocycles. The van der Waals surface area contributed by atoms with Crippen LogP contribution in [0, 0.1) is 11.3 Å². The predicted molar refractivity (Wildman–Crippen MR) is 71.4 cm³/mol. The van der Waals surface area contributed by atoms with E-state index in [1.54, 1.807) is 19.1 Å². The Labute approximate surface area is 111 Å². The summed E-state index contributed by atoms with van der Waals surface area (Å²) in [6, 6.07) is 9.23. The fourth-order valence-electron chi connectivity index (χ4n) is 1.38. The van der Waals surface area contributed by atoms with Crippen LogP contribution in [0.2, 0.25) is 0 Å². The van der Waals surface area contributed by atoms with Crippen molar-refractivity contribution in [2.24, 2.45) is 0 Å². The number of amides is 1. The van der Waals surface area contributed by atoms with E-state index in [0.717, 1.165) is 4.90 Å². The van der Waals surface area contributed by atoms with E-state index in [2.05, 4.69) is 5.32 Å². The van der Waals surface area contributed by atoms with Gasteiger partial charge in [0, 0.05) is 11.4 Å². The number of rotatable bonds is 6. The fraction of sp³-hybridized carbons (Fsp3) is 0.385. The SMILES string of the molecule is CC(O)CCNC(=O)c1ccccc1SCC#N. The highest BCUT2D eigenvalue weighted by molar-refractivity contribution is 7.99. The van der Waals surface area contributed by atoms with Crippen LogP contribution in [0.25, 0.3) is 0 Å². The van der Waals surface area contributed by atoms with E-state index in [9.17, 15) is 4.79 Å². The van der Waals surface area contributed by atoms with Crippen molar-refractivity contribution in [1.29, 1.82) is 5.26 Å². The monoisotopic (exact) mass is 264 g/mol. The topological polar surface area (TPSA) is 73.1 Å². The predicted octanol–water partition coefficient (Wildman–Crippen LogP) is 1.80. The minimum absolute atomic E-state index is 0.170. The van der Waals surface area contributed by atoms with E-state index >= 15 is 0 Å². The second-order valence-electron chi connectivity index (χ2n) is 3.84. The summed E-state index contributed by atoms with van der Waals surface area (Å²) < 4.78 is 0. The number of benzene rings is 1. The van der Waals surface area contributed by atoms with Gasteiger partial charge in [0.15, 0.2) is 0 Å². The third-order valence-corrected chi connectivity index (χ3v) is 3.21. The summed E-state index contributed by atoms with van der Waals surface area (Å²) in [4.78, 5) is 12.7. The van der Waals surface area contributed by atoms with Gasteiger partial charge < -0.3 is 10.4 Å². The Balaban J connectivity index is 2.64. The average Bonchev–Trinajstić information content (AvgIpc) is 2.36. The van der Waals surface area contributed by atoms with Crippen LogP contribution in [0.5, 0.6) is 0 Å². The lowest BCUT2D eigenvalue weighted by Crippen LogP contribution is -2.26. The number of nitriles is 1. The normalized spacial score (nSPS) is 11.6. The van der Waals surface area contributed by atoms with Gasteiger partial charge in [-0.1, -0.05) is 12.1 Å². The van der Waals surface area contributed by atoms with Crippen LogP contribution in [0.15, 0.2) is 29.2 Å². The lowest BCUT2D eigenvalue weighted by molar-refractivity contribution is 0.0942. The molecule has 1 aromatic rings. The van der Waals surface area contributed by atoms with Crippen molar-refractivity contribution in [2.75, 3.05) is 12.3 Å². The summed E-state index contributed by atoms with van der Waals surface area (Å²) in [6.07, 6.45) is 0.104. The lowest BCUT2D eigenvalue weighted by Gasteiger charge is -2.09. The van der Waals surface area contributed by atoms with Gasteiger partial charge in [0.25, 0.3) is 5.91 Å². The van der Waals surface area contributed by atoms with E-state index in [4.69, 9.17) is 10.4 Å². The Morgan fingerprint density at radius 3 is 2.94 bits per heavy atom. The van der Waals surface area contributed by atoms with Gasteiger partial charge in [-0.2, -0.15) is 5.26 Å². The second kappa shape index (κ2) is 7.75. The van der Waals surface area contributed by atoms with Crippen molar-refractivity contribution < 1.29 is 9.90 Å². The second-order valence-corrected chi connectivity index (χ2v) is 4.85. The van der Waals surface area contributed by atoms with Crippen molar-refractivity contribution in [3.63, 3.8) is 0 Å². The van der Waals surface area contributed by atoms with Crippen LogP contribution >= 0.6 is 11.8 Å². The molecular weight excluding hydrogens is 248 g/mol. The average molecular weight is 264 g/mol. The van der Waals surface area contributed by atoms with E-state index in [1.807, 2.05) is 18.2 Å². The highest BCUT2D eigenvalue weighted by Crippen LogP contribution is 2.21. The molecule has 0 bridgehead atoms. The molecule has 0 spiro atoms. The highest BCUT2D eigenvalue weighted by atomic mass is 32.2. The quantitative estimate of drug-likeness (QED) is 0.768. The molecular formula is C13H16N2O2S. The number of carbonyl (C=O) groups is 1. The first kappa shape index (κ1) is 14.6. The minimum atomic E-state index is -0.423. The fourth-order valence-corrected chi connectivity index (χ4v) is 2.09. The zero-order chi connectivity index (χ0) is 13.4. The molecule has 1 atom stereocenters. The molecule has 96 valence electrons. The smallest absolute Gasteiger partial charge is 0.252 e. The number of nitrogens with zero attached hydrogens (tertiary/aromatic N) is 1. The standard InChI is InChI=1S/C13H16N2O2S/c1-10(16)6-8-15-13(17)11-4-2-3-5-12(11)18-9-7-14/h2-5,10,16H,6,8-9H2,1H3,(H,15,17). The third kappa shape index (κ3) is 4.78. The van der Waals surface area contributed by atoms with Gasteiger partial charge in [-0.25, -0.2) is 0 Å². The Morgan fingerprint density at radius 1 is 1.56 bits per heavy atom.